The van der Waals surface area contributed by atoms with Gasteiger partial charge in [0.1, 0.15) is 5.54 Å². The molecule has 1 aliphatic heterocycles. The van der Waals surface area contributed by atoms with Crippen LogP contribution in [0.3, 0.4) is 0 Å². The van der Waals surface area contributed by atoms with E-state index in [1.165, 1.54) is 5.69 Å². The molecule has 0 bridgehead atoms. The fourth-order valence-electron chi connectivity index (χ4n) is 1.50. The van der Waals surface area contributed by atoms with Gasteiger partial charge in [-0.15, -0.1) is 0 Å². The number of hydrogen-bond acceptors (Lipinski definition) is 3. The quantitative estimate of drug-likeness (QED) is 0.586. The zero-order valence-corrected chi connectivity index (χ0v) is 6.70. The van der Waals surface area contributed by atoms with Crippen LogP contribution < -0.4 is 5.73 Å². The third-order valence-electron chi connectivity index (χ3n) is 2.29. The van der Waals surface area contributed by atoms with E-state index in [1.54, 1.807) is 6.20 Å². The highest BCUT2D eigenvalue weighted by atomic mass is 15.3. The van der Waals surface area contributed by atoms with E-state index in [0.717, 1.165) is 12.8 Å². The number of nitriles is 1. The molecule has 12 heavy (non-hydrogen) atoms. The second kappa shape index (κ2) is 2.32. The molecule has 62 valence electrons. The van der Waals surface area contributed by atoms with Crippen molar-refractivity contribution in [1.82, 2.24) is 9.78 Å². The van der Waals surface area contributed by atoms with Crippen LogP contribution in [-0.4, -0.2) is 15.3 Å². The highest BCUT2D eigenvalue weighted by molar-refractivity contribution is 5.14. The van der Waals surface area contributed by atoms with E-state index in [0.29, 0.717) is 6.54 Å². The molecule has 0 spiro atoms. The molecule has 0 amide bonds. The first-order chi connectivity index (χ1) is 5.73. The molecule has 0 fully saturated rings. The van der Waals surface area contributed by atoms with E-state index < -0.39 is 5.54 Å². The van der Waals surface area contributed by atoms with Crippen molar-refractivity contribution in [1.29, 1.82) is 5.26 Å². The molecule has 0 saturated heterocycles. The van der Waals surface area contributed by atoms with Gasteiger partial charge < -0.3 is 5.73 Å². The summed E-state index contributed by atoms with van der Waals surface area (Å²) in [4.78, 5) is 0. The molecule has 1 aliphatic rings. The van der Waals surface area contributed by atoms with Crippen molar-refractivity contribution in [3.8, 4) is 6.07 Å². The standard InChI is InChI=1S/C8H10N4/c9-5-8(10)3-1-7-2-4-11-12(7)6-8/h2,4H,1,3,6,10H2. The molecule has 1 atom stereocenters. The molecule has 1 aromatic rings. The zero-order valence-electron chi connectivity index (χ0n) is 6.70. The van der Waals surface area contributed by atoms with Crippen molar-refractivity contribution in [3.05, 3.63) is 18.0 Å². The molecule has 4 nitrogen and oxygen atoms in total. The Kier molecular flexibility index (Phi) is 1.42. The van der Waals surface area contributed by atoms with Crippen LogP contribution >= 0.6 is 0 Å². The average Bonchev–Trinajstić information content (AvgIpc) is 2.51. The number of aryl methyl sites for hydroxylation is 1. The summed E-state index contributed by atoms with van der Waals surface area (Å²) in [6, 6.07) is 4.10. The molecular formula is C8H10N4. The Labute approximate surface area is 70.6 Å². The second-order valence-corrected chi connectivity index (χ2v) is 3.25. The third-order valence-corrected chi connectivity index (χ3v) is 2.29. The lowest BCUT2D eigenvalue weighted by molar-refractivity contribution is 0.355. The number of nitrogens with two attached hydrogens (primary N) is 1. The van der Waals surface area contributed by atoms with E-state index in [4.69, 9.17) is 11.0 Å². The largest absolute Gasteiger partial charge is 0.312 e. The molecule has 2 rings (SSSR count). The summed E-state index contributed by atoms with van der Waals surface area (Å²) < 4.78 is 1.81. The molecule has 1 unspecified atom stereocenters. The highest BCUT2D eigenvalue weighted by Gasteiger charge is 2.30. The molecule has 4 heteroatoms. The predicted octanol–water partition coefficient (Wildman–Crippen LogP) is 0.0504. The first kappa shape index (κ1) is 7.32. The Morgan fingerprint density at radius 1 is 1.75 bits per heavy atom. The van der Waals surface area contributed by atoms with Gasteiger partial charge in [-0.05, 0) is 18.9 Å². The van der Waals surface area contributed by atoms with Crippen LogP contribution in [-0.2, 0) is 13.0 Å². The maximum Gasteiger partial charge on any atom is 0.124 e. The smallest absolute Gasteiger partial charge is 0.124 e. The van der Waals surface area contributed by atoms with Gasteiger partial charge in [0.05, 0.1) is 12.6 Å². The lowest BCUT2D eigenvalue weighted by Crippen LogP contribution is -2.46. The lowest BCUT2D eigenvalue weighted by Gasteiger charge is -2.27. The Bertz CT molecular complexity index is 335. The number of nitrogens with zero attached hydrogens (tertiary/aromatic N) is 3. The molecule has 1 aromatic heterocycles. The fourth-order valence-corrected chi connectivity index (χ4v) is 1.50. The number of fused-ring (bicyclic) bond motifs is 1. The van der Waals surface area contributed by atoms with E-state index in [9.17, 15) is 0 Å². The molecule has 0 aliphatic carbocycles. The summed E-state index contributed by atoms with van der Waals surface area (Å²) in [5, 5.41) is 12.9. The van der Waals surface area contributed by atoms with Crippen molar-refractivity contribution in [2.75, 3.05) is 0 Å². The van der Waals surface area contributed by atoms with Gasteiger partial charge in [0.25, 0.3) is 0 Å². The lowest BCUT2D eigenvalue weighted by atomic mass is 9.92. The van der Waals surface area contributed by atoms with Crippen LogP contribution in [0.1, 0.15) is 12.1 Å². The second-order valence-electron chi connectivity index (χ2n) is 3.25. The highest BCUT2D eigenvalue weighted by Crippen LogP contribution is 2.19. The van der Waals surface area contributed by atoms with Gasteiger partial charge in [0.2, 0.25) is 0 Å². The molecule has 2 heterocycles. The van der Waals surface area contributed by atoms with Crippen LogP contribution in [0.5, 0.6) is 0 Å². The first-order valence-electron chi connectivity index (χ1n) is 3.94. The molecule has 2 N–H and O–H groups in total. The summed E-state index contributed by atoms with van der Waals surface area (Å²) in [6.07, 6.45) is 3.33. The van der Waals surface area contributed by atoms with E-state index in [2.05, 4.69) is 11.2 Å². The van der Waals surface area contributed by atoms with E-state index in [-0.39, 0.29) is 0 Å². The minimum Gasteiger partial charge on any atom is -0.312 e. The Morgan fingerprint density at radius 3 is 3.33 bits per heavy atom. The van der Waals surface area contributed by atoms with E-state index >= 15 is 0 Å². The Morgan fingerprint density at radius 2 is 2.58 bits per heavy atom. The summed E-state index contributed by atoms with van der Waals surface area (Å²) in [7, 11) is 0. The molecule has 0 saturated carbocycles. The summed E-state index contributed by atoms with van der Waals surface area (Å²) in [5.41, 5.74) is 6.27. The predicted molar refractivity (Wildman–Crippen MR) is 43.1 cm³/mol. The Hall–Kier alpha value is -1.34. The van der Waals surface area contributed by atoms with Gasteiger partial charge in [-0.2, -0.15) is 10.4 Å². The maximum atomic E-state index is 8.80. The van der Waals surface area contributed by atoms with E-state index in [1.807, 2.05) is 10.7 Å². The zero-order chi connectivity index (χ0) is 8.60. The van der Waals surface area contributed by atoms with Crippen molar-refractivity contribution < 1.29 is 0 Å². The fraction of sp³-hybridized carbons (Fsp3) is 0.500. The molecule has 0 radical (unpaired) electrons. The first-order valence-corrected chi connectivity index (χ1v) is 3.94. The topological polar surface area (TPSA) is 67.6 Å². The molecule has 0 aromatic carbocycles. The van der Waals surface area contributed by atoms with Crippen LogP contribution in [0.15, 0.2) is 12.3 Å². The van der Waals surface area contributed by atoms with Crippen molar-refractivity contribution in [3.63, 3.8) is 0 Å². The minimum absolute atomic E-state index is 0.520. The van der Waals surface area contributed by atoms with Gasteiger partial charge >= 0.3 is 0 Å². The third kappa shape index (κ3) is 0.990. The summed E-state index contributed by atoms with van der Waals surface area (Å²) in [5.74, 6) is 0. The van der Waals surface area contributed by atoms with Gasteiger partial charge in [0.15, 0.2) is 0 Å². The normalized spacial score (nSPS) is 27.7. The SMILES string of the molecule is N#CC1(N)CCc2ccnn2C1. The van der Waals surface area contributed by atoms with Crippen molar-refractivity contribution in [2.24, 2.45) is 5.73 Å². The minimum atomic E-state index is -0.709. The van der Waals surface area contributed by atoms with Gasteiger partial charge in [-0.25, -0.2) is 0 Å². The maximum absolute atomic E-state index is 8.80. The summed E-state index contributed by atoms with van der Waals surface area (Å²) in [6.45, 7) is 0.520. The van der Waals surface area contributed by atoms with Gasteiger partial charge in [0, 0.05) is 11.9 Å². The number of hydrogen-bond donors (Lipinski definition) is 1. The number of aromatic nitrogens is 2. The van der Waals surface area contributed by atoms with Crippen molar-refractivity contribution in [2.45, 2.75) is 24.9 Å². The van der Waals surface area contributed by atoms with Crippen LogP contribution in [0.2, 0.25) is 0 Å². The number of rotatable bonds is 0. The molecular weight excluding hydrogens is 152 g/mol. The van der Waals surface area contributed by atoms with Crippen LogP contribution in [0.25, 0.3) is 0 Å². The monoisotopic (exact) mass is 162 g/mol. The summed E-state index contributed by atoms with van der Waals surface area (Å²) >= 11 is 0. The van der Waals surface area contributed by atoms with Gasteiger partial charge in [-0.1, -0.05) is 0 Å². The van der Waals surface area contributed by atoms with Gasteiger partial charge in [-0.3, -0.25) is 4.68 Å². The van der Waals surface area contributed by atoms with Crippen LogP contribution in [0.4, 0.5) is 0 Å². The van der Waals surface area contributed by atoms with Crippen molar-refractivity contribution >= 4 is 0 Å². The Balaban J connectivity index is 2.33. The average molecular weight is 162 g/mol. The van der Waals surface area contributed by atoms with Crippen LogP contribution in [0, 0.1) is 11.3 Å².